The zero-order chi connectivity index (χ0) is 15.6. The Hall–Kier alpha value is -2.52. The van der Waals surface area contributed by atoms with Crippen LogP contribution in [0.3, 0.4) is 0 Å². The summed E-state index contributed by atoms with van der Waals surface area (Å²) in [6, 6.07) is 11.3. The normalized spacial score (nSPS) is 10.9. The summed E-state index contributed by atoms with van der Waals surface area (Å²) in [4.78, 5) is -0.0647. The first-order valence-corrected chi connectivity index (χ1v) is 7.72. The highest BCUT2D eigenvalue weighted by atomic mass is 32.2. The van der Waals surface area contributed by atoms with Crippen molar-refractivity contribution in [3.63, 3.8) is 0 Å². The van der Waals surface area contributed by atoms with Crippen molar-refractivity contribution < 1.29 is 8.42 Å². The largest absolute Gasteiger partial charge is 0.397 e. The number of anilines is 2. The van der Waals surface area contributed by atoms with E-state index in [1.165, 1.54) is 12.1 Å². The van der Waals surface area contributed by atoms with Crippen LogP contribution < -0.4 is 10.5 Å². The molecule has 0 radical (unpaired) electrons. The molecule has 0 heterocycles. The number of hydrogen-bond acceptors (Lipinski definition) is 4. The molecule has 3 N–H and O–H groups in total. The maximum absolute atomic E-state index is 12.4. The minimum Gasteiger partial charge on any atom is -0.397 e. The van der Waals surface area contributed by atoms with E-state index in [1.54, 1.807) is 24.3 Å². The number of nitrogens with two attached hydrogens (primary N) is 1. The van der Waals surface area contributed by atoms with Gasteiger partial charge in [0.1, 0.15) is 11.0 Å². The summed E-state index contributed by atoms with van der Waals surface area (Å²) in [7, 11) is -3.86. The molecule has 0 bridgehead atoms. The Bertz CT molecular complexity index is 836. The fraction of sp³-hybridized carbons (Fsp3) is 0.133. The summed E-state index contributed by atoms with van der Waals surface area (Å²) in [6.45, 7) is 3.77. The van der Waals surface area contributed by atoms with Gasteiger partial charge in [-0.3, -0.25) is 4.72 Å². The molecule has 21 heavy (non-hydrogen) atoms. The van der Waals surface area contributed by atoms with Gasteiger partial charge >= 0.3 is 0 Å². The maximum Gasteiger partial charge on any atom is 0.263 e. The van der Waals surface area contributed by atoms with Crippen molar-refractivity contribution in [2.75, 3.05) is 10.5 Å². The van der Waals surface area contributed by atoms with Crippen LogP contribution in [0, 0.1) is 25.2 Å². The van der Waals surface area contributed by atoms with E-state index in [2.05, 4.69) is 4.72 Å². The Labute approximate surface area is 124 Å². The van der Waals surface area contributed by atoms with E-state index in [-0.39, 0.29) is 10.5 Å². The van der Waals surface area contributed by atoms with E-state index in [0.717, 1.165) is 11.1 Å². The zero-order valence-corrected chi connectivity index (χ0v) is 12.5. The summed E-state index contributed by atoms with van der Waals surface area (Å²) in [5, 5.41) is 9.02. The molecule has 0 saturated heterocycles. The molecule has 108 valence electrons. The quantitative estimate of drug-likeness (QED) is 0.851. The molecule has 6 heteroatoms. The summed E-state index contributed by atoms with van der Waals surface area (Å²) in [5.74, 6) is 0. The number of nitriles is 1. The Morgan fingerprint density at radius 2 is 1.76 bits per heavy atom. The van der Waals surface area contributed by atoms with Gasteiger partial charge in [0.15, 0.2) is 0 Å². The topological polar surface area (TPSA) is 96.0 Å². The lowest BCUT2D eigenvalue weighted by atomic mass is 10.1. The molecule has 5 nitrogen and oxygen atoms in total. The number of nitrogen functional groups attached to an aromatic ring is 1. The van der Waals surface area contributed by atoms with Gasteiger partial charge in [-0.05, 0) is 49.2 Å². The standard InChI is InChI=1S/C15H15N3O2S/c1-10-7-13(17)14(8-11(10)2)18-21(19,20)15-6-4-3-5-12(15)9-16/h3-8,18H,17H2,1-2H3. The second kappa shape index (κ2) is 5.46. The van der Waals surface area contributed by atoms with Crippen LogP contribution in [-0.2, 0) is 10.0 Å². The van der Waals surface area contributed by atoms with Gasteiger partial charge in [0.25, 0.3) is 10.0 Å². The van der Waals surface area contributed by atoms with Gasteiger partial charge < -0.3 is 5.73 Å². The third-order valence-corrected chi connectivity index (χ3v) is 4.63. The first kappa shape index (κ1) is 14.9. The van der Waals surface area contributed by atoms with Crippen LogP contribution in [-0.4, -0.2) is 8.42 Å². The van der Waals surface area contributed by atoms with Gasteiger partial charge in [-0.25, -0.2) is 8.42 Å². The molecule has 0 unspecified atom stereocenters. The molecule has 0 aliphatic carbocycles. The number of nitrogens with zero attached hydrogens (tertiary/aromatic N) is 1. The molecule has 0 aliphatic rings. The van der Waals surface area contributed by atoms with Crippen molar-refractivity contribution in [2.24, 2.45) is 0 Å². The van der Waals surface area contributed by atoms with Crippen LogP contribution in [0.5, 0.6) is 0 Å². The number of nitrogens with one attached hydrogen (secondary N) is 1. The second-order valence-corrected chi connectivity index (χ2v) is 6.39. The van der Waals surface area contributed by atoms with Crippen LogP contribution >= 0.6 is 0 Å². The highest BCUT2D eigenvalue weighted by Crippen LogP contribution is 2.26. The lowest BCUT2D eigenvalue weighted by Gasteiger charge is -2.13. The Kier molecular flexibility index (Phi) is 3.87. The molecular formula is C15H15N3O2S. The van der Waals surface area contributed by atoms with Gasteiger partial charge in [-0.2, -0.15) is 5.26 Å². The van der Waals surface area contributed by atoms with E-state index < -0.39 is 10.0 Å². The van der Waals surface area contributed by atoms with Gasteiger partial charge in [0, 0.05) is 0 Å². The average molecular weight is 301 g/mol. The molecular weight excluding hydrogens is 286 g/mol. The van der Waals surface area contributed by atoms with Gasteiger partial charge in [0.05, 0.1) is 16.9 Å². The second-order valence-electron chi connectivity index (χ2n) is 4.74. The molecule has 0 saturated carbocycles. The lowest BCUT2D eigenvalue weighted by Crippen LogP contribution is -2.15. The average Bonchev–Trinajstić information content (AvgIpc) is 2.44. The van der Waals surface area contributed by atoms with Crippen molar-refractivity contribution in [3.05, 3.63) is 53.1 Å². The van der Waals surface area contributed by atoms with Gasteiger partial charge in [-0.1, -0.05) is 12.1 Å². The van der Waals surface area contributed by atoms with Crippen LogP contribution in [0.25, 0.3) is 0 Å². The van der Waals surface area contributed by atoms with Crippen molar-refractivity contribution in [2.45, 2.75) is 18.7 Å². The third kappa shape index (κ3) is 2.98. The van der Waals surface area contributed by atoms with E-state index in [4.69, 9.17) is 11.0 Å². The minimum absolute atomic E-state index is 0.0647. The van der Waals surface area contributed by atoms with Crippen molar-refractivity contribution in [1.29, 1.82) is 5.26 Å². The highest BCUT2D eigenvalue weighted by Gasteiger charge is 2.19. The van der Waals surface area contributed by atoms with Crippen LogP contribution in [0.2, 0.25) is 0 Å². The summed E-state index contributed by atoms with van der Waals surface area (Å²) in [5.41, 5.74) is 8.50. The van der Waals surface area contributed by atoms with E-state index in [9.17, 15) is 8.42 Å². The molecule has 0 amide bonds. The van der Waals surface area contributed by atoms with E-state index in [1.807, 2.05) is 19.9 Å². The molecule has 0 aliphatic heterocycles. The fourth-order valence-electron chi connectivity index (χ4n) is 1.92. The van der Waals surface area contributed by atoms with Crippen LogP contribution in [0.15, 0.2) is 41.3 Å². The van der Waals surface area contributed by atoms with Crippen molar-refractivity contribution >= 4 is 21.4 Å². The Morgan fingerprint density at radius 1 is 1.14 bits per heavy atom. The van der Waals surface area contributed by atoms with Crippen LogP contribution in [0.1, 0.15) is 16.7 Å². The molecule has 0 aromatic heterocycles. The first-order valence-electron chi connectivity index (χ1n) is 6.24. The summed E-state index contributed by atoms with van der Waals surface area (Å²) < 4.78 is 27.3. The monoisotopic (exact) mass is 301 g/mol. The van der Waals surface area contributed by atoms with E-state index in [0.29, 0.717) is 11.4 Å². The predicted octanol–water partition coefficient (Wildman–Crippen LogP) is 2.56. The number of aryl methyl sites for hydroxylation is 2. The SMILES string of the molecule is Cc1cc(N)c(NS(=O)(=O)c2ccccc2C#N)cc1C. The molecule has 0 spiro atoms. The van der Waals surface area contributed by atoms with Crippen LogP contribution in [0.4, 0.5) is 11.4 Å². The van der Waals surface area contributed by atoms with Gasteiger partial charge in [-0.15, -0.1) is 0 Å². The first-order chi connectivity index (χ1) is 9.85. The van der Waals surface area contributed by atoms with Gasteiger partial charge in [0.2, 0.25) is 0 Å². The predicted molar refractivity (Wildman–Crippen MR) is 82.3 cm³/mol. The Balaban J connectivity index is 2.48. The summed E-state index contributed by atoms with van der Waals surface area (Å²) in [6.07, 6.45) is 0. The van der Waals surface area contributed by atoms with Crippen molar-refractivity contribution in [1.82, 2.24) is 0 Å². The smallest absolute Gasteiger partial charge is 0.263 e. The lowest BCUT2D eigenvalue weighted by molar-refractivity contribution is 0.601. The fourth-order valence-corrected chi connectivity index (χ4v) is 3.16. The third-order valence-electron chi connectivity index (χ3n) is 3.21. The maximum atomic E-state index is 12.4. The highest BCUT2D eigenvalue weighted by molar-refractivity contribution is 7.92. The number of rotatable bonds is 3. The molecule has 0 atom stereocenters. The number of hydrogen-bond donors (Lipinski definition) is 2. The summed E-state index contributed by atoms with van der Waals surface area (Å²) >= 11 is 0. The molecule has 2 aromatic carbocycles. The van der Waals surface area contributed by atoms with Crippen molar-refractivity contribution in [3.8, 4) is 6.07 Å². The molecule has 0 fully saturated rings. The zero-order valence-electron chi connectivity index (χ0n) is 11.7. The van der Waals surface area contributed by atoms with E-state index >= 15 is 0 Å². The number of sulfonamides is 1. The minimum atomic E-state index is -3.86. The number of benzene rings is 2. The Morgan fingerprint density at radius 3 is 2.43 bits per heavy atom. The molecule has 2 rings (SSSR count). The molecule has 2 aromatic rings.